The Kier molecular flexibility index (Phi) is 4.14. The molecule has 0 aromatic heterocycles. The molecule has 0 aliphatic carbocycles. The van der Waals surface area contributed by atoms with Gasteiger partial charge < -0.3 is 9.57 Å². The first-order valence-electron chi connectivity index (χ1n) is 8.59. The van der Waals surface area contributed by atoms with Gasteiger partial charge in [0.05, 0.1) is 12.8 Å². The molecule has 0 saturated heterocycles. The summed E-state index contributed by atoms with van der Waals surface area (Å²) in [5.41, 5.74) is 4.57. The molecule has 4 rings (SSSR count). The highest BCUT2D eigenvalue weighted by Crippen LogP contribution is 2.32. The van der Waals surface area contributed by atoms with Crippen LogP contribution < -0.4 is 4.74 Å². The number of hydrogen-bond donors (Lipinski definition) is 0. The van der Waals surface area contributed by atoms with E-state index in [0.717, 1.165) is 40.8 Å². The molecule has 1 heterocycles. The van der Waals surface area contributed by atoms with Gasteiger partial charge in [-0.1, -0.05) is 71.4 Å². The first-order valence-corrected chi connectivity index (χ1v) is 8.59. The lowest BCUT2D eigenvalue weighted by Gasteiger charge is -2.14. The fourth-order valence-electron chi connectivity index (χ4n) is 3.39. The third kappa shape index (κ3) is 3.10. The maximum Gasteiger partial charge on any atom is 0.137 e. The van der Waals surface area contributed by atoms with Crippen LogP contribution in [0, 0.1) is 6.92 Å². The van der Waals surface area contributed by atoms with Crippen LogP contribution in [0.5, 0.6) is 5.75 Å². The van der Waals surface area contributed by atoms with Crippen molar-refractivity contribution in [3.05, 3.63) is 77.4 Å². The van der Waals surface area contributed by atoms with Gasteiger partial charge >= 0.3 is 0 Å². The Bertz CT molecular complexity index is 928. The second-order valence-corrected chi connectivity index (χ2v) is 6.52. The average Bonchev–Trinajstić information content (AvgIpc) is 3.10. The van der Waals surface area contributed by atoms with Crippen LogP contribution in [-0.4, -0.2) is 18.9 Å². The summed E-state index contributed by atoms with van der Waals surface area (Å²) < 4.78 is 5.70. The van der Waals surface area contributed by atoms with Gasteiger partial charge in [-0.25, -0.2) is 0 Å². The molecule has 3 aromatic rings. The zero-order valence-corrected chi connectivity index (χ0v) is 14.5. The van der Waals surface area contributed by atoms with E-state index in [0.29, 0.717) is 0 Å². The molecular formula is C22H21NO2. The minimum Gasteiger partial charge on any atom is -0.496 e. The molecule has 1 atom stereocenters. The zero-order chi connectivity index (χ0) is 17.2. The molecule has 1 aliphatic heterocycles. The molecule has 1 unspecified atom stereocenters. The maximum atomic E-state index is 5.70. The van der Waals surface area contributed by atoms with E-state index in [1.807, 2.05) is 12.1 Å². The Morgan fingerprint density at radius 1 is 1.04 bits per heavy atom. The van der Waals surface area contributed by atoms with Crippen molar-refractivity contribution in [3.8, 4) is 5.75 Å². The van der Waals surface area contributed by atoms with Crippen LogP contribution in [-0.2, 0) is 11.3 Å². The van der Waals surface area contributed by atoms with Gasteiger partial charge in [0.1, 0.15) is 11.9 Å². The van der Waals surface area contributed by atoms with Crippen LogP contribution in [0.4, 0.5) is 0 Å². The van der Waals surface area contributed by atoms with Gasteiger partial charge in [0.2, 0.25) is 0 Å². The predicted octanol–water partition coefficient (Wildman–Crippen LogP) is 4.89. The monoisotopic (exact) mass is 331 g/mol. The number of fused-ring (bicyclic) bond motifs is 1. The van der Waals surface area contributed by atoms with Crippen molar-refractivity contribution in [2.45, 2.75) is 25.9 Å². The van der Waals surface area contributed by atoms with Crippen molar-refractivity contribution in [2.24, 2.45) is 5.16 Å². The number of benzene rings is 3. The molecule has 0 bridgehead atoms. The molecule has 25 heavy (non-hydrogen) atoms. The molecule has 0 spiro atoms. The predicted molar refractivity (Wildman–Crippen MR) is 101 cm³/mol. The lowest BCUT2D eigenvalue weighted by Crippen LogP contribution is -2.12. The third-order valence-corrected chi connectivity index (χ3v) is 4.73. The van der Waals surface area contributed by atoms with E-state index in [-0.39, 0.29) is 6.10 Å². The summed E-state index contributed by atoms with van der Waals surface area (Å²) in [6, 6.07) is 21.0. The smallest absolute Gasteiger partial charge is 0.137 e. The molecule has 1 aliphatic rings. The lowest BCUT2D eigenvalue weighted by molar-refractivity contribution is 0.0855. The molecule has 126 valence electrons. The first kappa shape index (κ1) is 15.7. The van der Waals surface area contributed by atoms with Gasteiger partial charge in [0.25, 0.3) is 0 Å². The van der Waals surface area contributed by atoms with Gasteiger partial charge in [-0.05, 0) is 23.4 Å². The number of nitrogens with zero attached hydrogens (tertiary/aromatic N) is 1. The van der Waals surface area contributed by atoms with Gasteiger partial charge in [0, 0.05) is 18.2 Å². The van der Waals surface area contributed by atoms with Crippen molar-refractivity contribution in [1.29, 1.82) is 0 Å². The van der Waals surface area contributed by atoms with E-state index in [1.54, 1.807) is 7.11 Å². The van der Waals surface area contributed by atoms with Crippen molar-refractivity contribution >= 4 is 16.5 Å². The number of oxime groups is 1. The van der Waals surface area contributed by atoms with Crippen LogP contribution in [0.3, 0.4) is 0 Å². The molecule has 0 saturated carbocycles. The molecule has 0 N–H and O–H groups in total. The van der Waals surface area contributed by atoms with Gasteiger partial charge in [0.15, 0.2) is 0 Å². The number of methoxy groups -OCH3 is 1. The molecule has 3 nitrogen and oxygen atoms in total. The van der Waals surface area contributed by atoms with E-state index in [1.165, 1.54) is 10.9 Å². The second kappa shape index (κ2) is 6.60. The molecule has 0 fully saturated rings. The summed E-state index contributed by atoms with van der Waals surface area (Å²) in [6.45, 7) is 2.09. The summed E-state index contributed by atoms with van der Waals surface area (Å²) >= 11 is 0. The number of hydrogen-bond acceptors (Lipinski definition) is 3. The SMILES string of the molecule is COc1c(CC2CC(c3ccc(C)cc3)=NO2)ccc2ccccc12. The molecule has 3 aromatic carbocycles. The quantitative estimate of drug-likeness (QED) is 0.681. The van der Waals surface area contributed by atoms with Crippen molar-refractivity contribution < 1.29 is 9.57 Å². The van der Waals surface area contributed by atoms with Gasteiger partial charge in [-0.15, -0.1) is 0 Å². The van der Waals surface area contributed by atoms with Gasteiger partial charge in [-0.2, -0.15) is 0 Å². The molecule has 0 radical (unpaired) electrons. The van der Waals surface area contributed by atoms with Crippen LogP contribution in [0.15, 0.2) is 65.8 Å². The highest BCUT2D eigenvalue weighted by Gasteiger charge is 2.24. The normalized spacial score (nSPS) is 16.6. The maximum absolute atomic E-state index is 5.70. The summed E-state index contributed by atoms with van der Waals surface area (Å²) in [7, 11) is 1.73. The lowest BCUT2D eigenvalue weighted by atomic mass is 9.97. The van der Waals surface area contributed by atoms with Crippen molar-refractivity contribution in [3.63, 3.8) is 0 Å². The summed E-state index contributed by atoms with van der Waals surface area (Å²) in [5, 5.41) is 6.63. The number of ether oxygens (including phenoxy) is 1. The highest BCUT2D eigenvalue weighted by atomic mass is 16.6. The Balaban J connectivity index is 1.54. The van der Waals surface area contributed by atoms with Crippen molar-refractivity contribution in [2.75, 3.05) is 7.11 Å². The van der Waals surface area contributed by atoms with Crippen LogP contribution in [0.2, 0.25) is 0 Å². The van der Waals surface area contributed by atoms with E-state index >= 15 is 0 Å². The highest BCUT2D eigenvalue weighted by molar-refractivity contribution is 6.01. The van der Waals surface area contributed by atoms with Crippen LogP contribution >= 0.6 is 0 Å². The molecule has 0 amide bonds. The third-order valence-electron chi connectivity index (χ3n) is 4.73. The summed E-state index contributed by atoms with van der Waals surface area (Å²) in [6.07, 6.45) is 1.65. The topological polar surface area (TPSA) is 30.8 Å². The minimum atomic E-state index is 0.0476. The van der Waals surface area contributed by atoms with Crippen LogP contribution in [0.25, 0.3) is 10.8 Å². The number of aryl methyl sites for hydroxylation is 1. The largest absolute Gasteiger partial charge is 0.496 e. The Labute approximate surface area is 147 Å². The number of rotatable bonds is 4. The summed E-state index contributed by atoms with van der Waals surface area (Å²) in [5.74, 6) is 0.936. The van der Waals surface area contributed by atoms with Crippen LogP contribution in [0.1, 0.15) is 23.1 Å². The summed E-state index contributed by atoms with van der Waals surface area (Å²) in [4.78, 5) is 5.70. The first-order chi connectivity index (χ1) is 12.2. The Morgan fingerprint density at radius 2 is 1.84 bits per heavy atom. The minimum absolute atomic E-state index is 0.0476. The van der Waals surface area contributed by atoms with E-state index in [9.17, 15) is 0 Å². The Morgan fingerprint density at radius 3 is 2.64 bits per heavy atom. The second-order valence-electron chi connectivity index (χ2n) is 6.52. The van der Waals surface area contributed by atoms with E-state index in [4.69, 9.17) is 9.57 Å². The fraction of sp³-hybridized carbons (Fsp3) is 0.227. The van der Waals surface area contributed by atoms with Crippen molar-refractivity contribution in [1.82, 2.24) is 0 Å². The zero-order valence-electron chi connectivity index (χ0n) is 14.5. The van der Waals surface area contributed by atoms with E-state index in [2.05, 4.69) is 60.6 Å². The van der Waals surface area contributed by atoms with E-state index < -0.39 is 0 Å². The Hall–Kier alpha value is -2.81. The van der Waals surface area contributed by atoms with Gasteiger partial charge in [-0.3, -0.25) is 0 Å². The molecular weight excluding hydrogens is 310 g/mol. The standard InChI is InChI=1S/C22H21NO2/c1-15-7-9-17(10-8-15)21-14-19(25-23-21)13-18-12-11-16-5-3-4-6-20(16)22(18)24-2/h3-12,19H,13-14H2,1-2H3. The fourth-order valence-corrected chi connectivity index (χ4v) is 3.39. The average molecular weight is 331 g/mol. The molecule has 3 heteroatoms.